The van der Waals surface area contributed by atoms with Crippen LogP contribution in [-0.2, 0) is 4.79 Å². The number of hydrogen-bond acceptors (Lipinski definition) is 3. The van der Waals surface area contributed by atoms with Gasteiger partial charge in [-0.2, -0.15) is 0 Å². The lowest BCUT2D eigenvalue weighted by Crippen LogP contribution is -2.22. The minimum absolute atomic E-state index is 0.152. The Labute approximate surface area is 120 Å². The number of pyridine rings is 1. The number of benzene rings is 1. The fourth-order valence-electron chi connectivity index (χ4n) is 1.62. The highest BCUT2D eigenvalue weighted by molar-refractivity contribution is 6.30. The van der Waals surface area contributed by atoms with Crippen molar-refractivity contribution in [2.24, 2.45) is 0 Å². The average Bonchev–Trinajstić information content (AvgIpc) is 2.41. The van der Waals surface area contributed by atoms with E-state index >= 15 is 0 Å². The van der Waals surface area contributed by atoms with E-state index in [1.54, 1.807) is 31.2 Å². The number of aromatic amines is 1. The zero-order valence-corrected chi connectivity index (χ0v) is 11.5. The molecule has 5 nitrogen and oxygen atoms in total. The molecule has 2 rings (SSSR count). The predicted octanol–water partition coefficient (Wildman–Crippen LogP) is 2.35. The first-order chi connectivity index (χ1) is 9.56. The fourth-order valence-corrected chi connectivity index (χ4v) is 1.74. The Balaban J connectivity index is 1.96. The lowest BCUT2D eigenvalue weighted by molar-refractivity contribution is -0.118. The highest BCUT2D eigenvalue weighted by Gasteiger charge is 2.08. The van der Waals surface area contributed by atoms with Crippen molar-refractivity contribution in [3.8, 4) is 5.75 Å². The summed E-state index contributed by atoms with van der Waals surface area (Å²) in [4.78, 5) is 26.1. The first kappa shape index (κ1) is 14.1. The molecule has 0 fully saturated rings. The van der Waals surface area contributed by atoms with Crippen molar-refractivity contribution in [1.29, 1.82) is 0 Å². The SMILES string of the molecule is Cc1[nH]ccc(=O)c1OCC(=O)Nc1ccc(Cl)cc1. The van der Waals surface area contributed by atoms with Gasteiger partial charge >= 0.3 is 0 Å². The van der Waals surface area contributed by atoms with Crippen molar-refractivity contribution in [2.75, 3.05) is 11.9 Å². The monoisotopic (exact) mass is 292 g/mol. The van der Waals surface area contributed by atoms with Crippen LogP contribution in [0.15, 0.2) is 41.3 Å². The van der Waals surface area contributed by atoms with Crippen molar-refractivity contribution in [3.63, 3.8) is 0 Å². The predicted molar refractivity (Wildman–Crippen MR) is 77.4 cm³/mol. The van der Waals surface area contributed by atoms with E-state index in [-0.39, 0.29) is 23.7 Å². The van der Waals surface area contributed by atoms with Gasteiger partial charge in [0.2, 0.25) is 5.43 Å². The molecule has 2 aromatic rings. The van der Waals surface area contributed by atoms with Crippen LogP contribution in [0.5, 0.6) is 5.75 Å². The highest BCUT2D eigenvalue weighted by atomic mass is 35.5. The quantitative estimate of drug-likeness (QED) is 0.908. The molecule has 0 unspecified atom stereocenters. The number of ether oxygens (including phenoxy) is 1. The number of aromatic nitrogens is 1. The standard InChI is InChI=1S/C14H13ClN2O3/c1-9-14(12(18)6-7-16-9)20-8-13(19)17-11-4-2-10(15)3-5-11/h2-7H,8H2,1H3,(H,16,18)(H,17,19). The molecule has 104 valence electrons. The number of amides is 1. The first-order valence-electron chi connectivity index (χ1n) is 5.93. The Morgan fingerprint density at radius 1 is 1.30 bits per heavy atom. The third-order valence-corrected chi connectivity index (χ3v) is 2.83. The van der Waals surface area contributed by atoms with Crippen LogP contribution >= 0.6 is 11.6 Å². The van der Waals surface area contributed by atoms with Gasteiger partial charge in [-0.05, 0) is 31.2 Å². The highest BCUT2D eigenvalue weighted by Crippen LogP contribution is 2.13. The van der Waals surface area contributed by atoms with Crippen molar-refractivity contribution >= 4 is 23.2 Å². The summed E-state index contributed by atoms with van der Waals surface area (Å²) in [6.45, 7) is 1.46. The van der Waals surface area contributed by atoms with E-state index in [4.69, 9.17) is 16.3 Å². The van der Waals surface area contributed by atoms with Crippen LogP contribution in [0.3, 0.4) is 0 Å². The largest absolute Gasteiger partial charge is 0.478 e. The Morgan fingerprint density at radius 2 is 2.00 bits per heavy atom. The molecular formula is C14H13ClN2O3. The Morgan fingerprint density at radius 3 is 2.65 bits per heavy atom. The maximum absolute atomic E-state index is 11.7. The van der Waals surface area contributed by atoms with Crippen LogP contribution in [0, 0.1) is 6.92 Å². The molecule has 0 aliphatic carbocycles. The summed E-state index contributed by atoms with van der Waals surface area (Å²) >= 11 is 5.75. The molecule has 0 aliphatic heterocycles. The number of aryl methyl sites for hydroxylation is 1. The lowest BCUT2D eigenvalue weighted by Gasteiger charge is -2.08. The summed E-state index contributed by atoms with van der Waals surface area (Å²) in [6, 6.07) is 8.05. The average molecular weight is 293 g/mol. The minimum Gasteiger partial charge on any atom is -0.478 e. The zero-order chi connectivity index (χ0) is 14.5. The molecule has 1 aromatic heterocycles. The molecule has 0 radical (unpaired) electrons. The lowest BCUT2D eigenvalue weighted by atomic mass is 10.3. The van der Waals surface area contributed by atoms with Gasteiger partial charge in [-0.3, -0.25) is 9.59 Å². The fraction of sp³-hybridized carbons (Fsp3) is 0.143. The number of nitrogens with one attached hydrogen (secondary N) is 2. The third kappa shape index (κ3) is 3.61. The van der Waals surface area contributed by atoms with E-state index in [1.165, 1.54) is 12.3 Å². The molecule has 1 aromatic carbocycles. The maximum atomic E-state index is 11.7. The van der Waals surface area contributed by atoms with Crippen LogP contribution in [0.4, 0.5) is 5.69 Å². The van der Waals surface area contributed by atoms with Gasteiger partial charge in [0.15, 0.2) is 12.4 Å². The number of carbonyl (C=O) groups is 1. The van der Waals surface area contributed by atoms with Gasteiger partial charge in [-0.25, -0.2) is 0 Å². The number of rotatable bonds is 4. The summed E-state index contributed by atoms with van der Waals surface area (Å²) in [5, 5.41) is 3.23. The molecule has 6 heteroatoms. The summed E-state index contributed by atoms with van der Waals surface area (Å²) in [5.74, 6) is -0.200. The van der Waals surface area contributed by atoms with Gasteiger partial charge in [0, 0.05) is 23.0 Å². The molecule has 0 atom stereocenters. The van der Waals surface area contributed by atoms with Crippen molar-refractivity contribution in [3.05, 3.63) is 57.5 Å². The third-order valence-electron chi connectivity index (χ3n) is 2.57. The van der Waals surface area contributed by atoms with E-state index in [2.05, 4.69) is 10.3 Å². The number of carbonyl (C=O) groups excluding carboxylic acids is 1. The van der Waals surface area contributed by atoms with E-state index < -0.39 is 0 Å². The first-order valence-corrected chi connectivity index (χ1v) is 6.30. The summed E-state index contributed by atoms with van der Waals surface area (Å²) in [6.07, 6.45) is 1.53. The van der Waals surface area contributed by atoms with Crippen molar-refractivity contribution in [1.82, 2.24) is 4.98 Å². The number of halogens is 1. The molecular weight excluding hydrogens is 280 g/mol. The number of hydrogen-bond donors (Lipinski definition) is 2. The van der Waals surface area contributed by atoms with Gasteiger partial charge in [-0.1, -0.05) is 11.6 Å². The topological polar surface area (TPSA) is 71.2 Å². The molecule has 0 bridgehead atoms. The van der Waals surface area contributed by atoms with E-state index in [1.807, 2.05) is 0 Å². The zero-order valence-electron chi connectivity index (χ0n) is 10.8. The number of H-pyrrole nitrogens is 1. The van der Waals surface area contributed by atoms with Gasteiger partial charge in [0.05, 0.1) is 5.69 Å². The van der Waals surface area contributed by atoms with Crippen LogP contribution < -0.4 is 15.5 Å². The van der Waals surface area contributed by atoms with Crippen molar-refractivity contribution < 1.29 is 9.53 Å². The van der Waals surface area contributed by atoms with Crippen LogP contribution in [0.2, 0.25) is 5.02 Å². The summed E-state index contributed by atoms with van der Waals surface area (Å²) in [5.41, 5.74) is 0.930. The molecule has 2 N–H and O–H groups in total. The second kappa shape index (κ2) is 6.25. The van der Waals surface area contributed by atoms with E-state index in [0.717, 1.165) is 0 Å². The summed E-state index contributed by atoms with van der Waals surface area (Å²) < 4.78 is 5.24. The van der Waals surface area contributed by atoms with Crippen LogP contribution in [0.1, 0.15) is 5.69 Å². The van der Waals surface area contributed by atoms with E-state index in [0.29, 0.717) is 16.4 Å². The molecule has 0 saturated heterocycles. The Bertz CT molecular complexity index is 665. The number of anilines is 1. The van der Waals surface area contributed by atoms with Gasteiger partial charge in [-0.15, -0.1) is 0 Å². The minimum atomic E-state index is -0.352. The Kier molecular flexibility index (Phi) is 4.42. The van der Waals surface area contributed by atoms with Crippen LogP contribution in [-0.4, -0.2) is 17.5 Å². The normalized spacial score (nSPS) is 10.1. The Hall–Kier alpha value is -2.27. The second-order valence-corrected chi connectivity index (χ2v) is 4.58. The maximum Gasteiger partial charge on any atom is 0.262 e. The van der Waals surface area contributed by atoms with Gasteiger partial charge in [0.1, 0.15) is 0 Å². The molecule has 20 heavy (non-hydrogen) atoms. The molecule has 0 spiro atoms. The van der Waals surface area contributed by atoms with Crippen molar-refractivity contribution in [2.45, 2.75) is 6.92 Å². The van der Waals surface area contributed by atoms with Gasteiger partial charge < -0.3 is 15.0 Å². The smallest absolute Gasteiger partial charge is 0.262 e. The molecule has 1 heterocycles. The molecule has 1 amide bonds. The second-order valence-electron chi connectivity index (χ2n) is 4.14. The van der Waals surface area contributed by atoms with Gasteiger partial charge in [0.25, 0.3) is 5.91 Å². The molecule has 0 aliphatic rings. The summed E-state index contributed by atoms with van der Waals surface area (Å²) in [7, 11) is 0. The van der Waals surface area contributed by atoms with Crippen LogP contribution in [0.25, 0.3) is 0 Å². The van der Waals surface area contributed by atoms with E-state index in [9.17, 15) is 9.59 Å². The molecule has 0 saturated carbocycles.